The van der Waals surface area contributed by atoms with E-state index in [1.54, 1.807) is 0 Å². The lowest BCUT2D eigenvalue weighted by molar-refractivity contribution is -0.142. The first kappa shape index (κ1) is 23.9. The predicted octanol–water partition coefficient (Wildman–Crippen LogP) is 6.41. The Kier molecular flexibility index (Phi) is 8.74. The maximum atomic E-state index is 12.3. The van der Waals surface area contributed by atoms with Gasteiger partial charge in [-0.3, -0.25) is 4.79 Å². The summed E-state index contributed by atoms with van der Waals surface area (Å²) in [5, 5.41) is 0.732. The quantitative estimate of drug-likeness (QED) is 0.314. The second-order valence-corrected chi connectivity index (χ2v) is 8.26. The van der Waals surface area contributed by atoms with Gasteiger partial charge in [-0.15, -0.1) is 0 Å². The molecule has 0 saturated heterocycles. The van der Waals surface area contributed by atoms with Crippen molar-refractivity contribution in [3.05, 3.63) is 81.8 Å². The summed E-state index contributed by atoms with van der Waals surface area (Å²) in [6.45, 7) is 6.88. The number of halogens is 1. The zero-order valence-electron chi connectivity index (χ0n) is 19.1. The summed E-state index contributed by atoms with van der Waals surface area (Å²) in [5.74, 6) is 2.44. The number of carbonyl (C=O) groups excluding carboxylic acids is 1. The minimum atomic E-state index is -0.245. The van der Waals surface area contributed by atoms with Crippen molar-refractivity contribution in [1.29, 1.82) is 0 Å². The lowest BCUT2D eigenvalue weighted by atomic mass is 10.1. The van der Waals surface area contributed by atoms with E-state index in [-0.39, 0.29) is 12.4 Å². The average molecular weight is 455 g/mol. The number of hydrogen-bond acceptors (Lipinski definition) is 4. The summed E-state index contributed by atoms with van der Waals surface area (Å²) in [5.41, 5.74) is 2.90. The molecule has 1 aromatic carbocycles. The number of rotatable bonds is 11. The van der Waals surface area contributed by atoms with Crippen LogP contribution in [0.25, 0.3) is 6.08 Å². The van der Waals surface area contributed by atoms with Crippen LogP contribution >= 0.6 is 11.6 Å². The number of imidazole rings is 1. The van der Waals surface area contributed by atoms with Gasteiger partial charge >= 0.3 is 5.97 Å². The van der Waals surface area contributed by atoms with Gasteiger partial charge < -0.3 is 13.7 Å². The Balaban J connectivity index is 1.97. The van der Waals surface area contributed by atoms with Crippen LogP contribution < -0.4 is 0 Å². The van der Waals surface area contributed by atoms with Gasteiger partial charge in [0.15, 0.2) is 0 Å². The predicted molar refractivity (Wildman–Crippen MR) is 128 cm³/mol. The van der Waals surface area contributed by atoms with E-state index in [1.165, 1.54) is 0 Å². The number of furan rings is 1. The first-order valence-electron chi connectivity index (χ1n) is 11.2. The molecule has 6 heteroatoms. The Morgan fingerprint density at radius 2 is 2.03 bits per heavy atom. The summed E-state index contributed by atoms with van der Waals surface area (Å²) < 4.78 is 13.2. The highest BCUT2D eigenvalue weighted by molar-refractivity contribution is 6.31. The SMILES string of the molecule is CCCCc1ncc(C=C(CC(=O)OCC)Cc2ccc(C)o2)n1Cc1ccccc1Cl. The number of benzene rings is 1. The Bertz CT molecular complexity index is 1060. The summed E-state index contributed by atoms with van der Waals surface area (Å²) in [7, 11) is 0. The number of aryl methyl sites for hydroxylation is 2. The van der Waals surface area contributed by atoms with E-state index in [2.05, 4.69) is 11.5 Å². The molecular weight excluding hydrogens is 424 g/mol. The molecular formula is C26H31ClN2O3. The highest BCUT2D eigenvalue weighted by Crippen LogP contribution is 2.23. The van der Waals surface area contributed by atoms with Gasteiger partial charge in [-0.1, -0.05) is 43.1 Å². The highest BCUT2D eigenvalue weighted by Gasteiger charge is 2.15. The van der Waals surface area contributed by atoms with Crippen molar-refractivity contribution >= 4 is 23.6 Å². The van der Waals surface area contributed by atoms with E-state index in [9.17, 15) is 4.79 Å². The second kappa shape index (κ2) is 11.7. The Labute approximate surface area is 195 Å². The molecule has 32 heavy (non-hydrogen) atoms. The third-order valence-electron chi connectivity index (χ3n) is 5.24. The fourth-order valence-electron chi connectivity index (χ4n) is 3.63. The summed E-state index contributed by atoms with van der Waals surface area (Å²) in [4.78, 5) is 17.0. The van der Waals surface area contributed by atoms with Crippen molar-refractivity contribution < 1.29 is 13.9 Å². The number of hydrogen-bond donors (Lipinski definition) is 0. The third-order valence-corrected chi connectivity index (χ3v) is 5.60. The number of esters is 1. The van der Waals surface area contributed by atoms with Crippen molar-refractivity contribution in [2.75, 3.05) is 6.61 Å². The van der Waals surface area contributed by atoms with Gasteiger partial charge in [0.1, 0.15) is 17.3 Å². The maximum absolute atomic E-state index is 12.3. The molecule has 0 fully saturated rings. The van der Waals surface area contributed by atoms with Crippen LogP contribution in [-0.2, 0) is 28.9 Å². The van der Waals surface area contributed by atoms with E-state index >= 15 is 0 Å². The largest absolute Gasteiger partial charge is 0.466 e. The Morgan fingerprint density at radius 3 is 2.72 bits per heavy atom. The molecule has 170 valence electrons. The van der Waals surface area contributed by atoms with Gasteiger partial charge in [0, 0.05) is 17.9 Å². The molecule has 0 aliphatic heterocycles. The molecule has 0 bridgehead atoms. The van der Waals surface area contributed by atoms with E-state index in [0.717, 1.165) is 58.5 Å². The normalized spacial score (nSPS) is 11.7. The summed E-state index contributed by atoms with van der Waals surface area (Å²) in [6, 6.07) is 11.7. The Hall–Kier alpha value is -2.79. The van der Waals surface area contributed by atoms with Crippen LogP contribution in [0.4, 0.5) is 0 Å². The number of aromatic nitrogens is 2. The van der Waals surface area contributed by atoms with Crippen molar-refractivity contribution in [1.82, 2.24) is 9.55 Å². The van der Waals surface area contributed by atoms with E-state index in [1.807, 2.05) is 62.5 Å². The van der Waals surface area contributed by atoms with Crippen molar-refractivity contribution in [2.24, 2.45) is 0 Å². The molecule has 0 aliphatic carbocycles. The number of ether oxygens (including phenoxy) is 1. The molecule has 0 aliphatic rings. The standard InChI is InChI=1S/C26H31ClN2O3/c1-4-6-11-25-28-17-22(29(25)18-21-9-7-8-10-24(21)27)14-20(16-26(30)31-5-2)15-23-13-12-19(3)32-23/h7-10,12-14,17H,4-6,11,15-16,18H2,1-3H3. The van der Waals surface area contributed by atoms with Crippen LogP contribution in [0.5, 0.6) is 0 Å². The number of nitrogens with zero attached hydrogens (tertiary/aromatic N) is 2. The molecule has 3 rings (SSSR count). The van der Waals surface area contributed by atoms with Crippen LogP contribution in [0, 0.1) is 6.92 Å². The van der Waals surface area contributed by atoms with E-state index in [0.29, 0.717) is 19.6 Å². The van der Waals surface area contributed by atoms with Gasteiger partial charge in [-0.2, -0.15) is 0 Å². The van der Waals surface area contributed by atoms with E-state index < -0.39 is 0 Å². The molecule has 0 amide bonds. The summed E-state index contributed by atoms with van der Waals surface area (Å²) >= 11 is 6.45. The maximum Gasteiger partial charge on any atom is 0.309 e. The molecule has 0 unspecified atom stereocenters. The van der Waals surface area contributed by atoms with Crippen molar-refractivity contribution in [2.45, 2.75) is 59.4 Å². The fourth-order valence-corrected chi connectivity index (χ4v) is 3.83. The first-order chi connectivity index (χ1) is 15.5. The number of unbranched alkanes of at least 4 members (excludes halogenated alkanes) is 1. The zero-order chi connectivity index (χ0) is 22.9. The lowest BCUT2D eigenvalue weighted by Gasteiger charge is -2.13. The third kappa shape index (κ3) is 6.60. The van der Waals surface area contributed by atoms with Gasteiger partial charge in [-0.25, -0.2) is 4.98 Å². The van der Waals surface area contributed by atoms with Crippen LogP contribution in [0.2, 0.25) is 5.02 Å². The van der Waals surface area contributed by atoms with Crippen molar-refractivity contribution in [3.63, 3.8) is 0 Å². The monoisotopic (exact) mass is 454 g/mol. The van der Waals surface area contributed by atoms with Crippen LogP contribution in [0.15, 0.2) is 52.6 Å². The number of carbonyl (C=O) groups is 1. The smallest absolute Gasteiger partial charge is 0.309 e. The van der Waals surface area contributed by atoms with Crippen LogP contribution in [0.3, 0.4) is 0 Å². The van der Waals surface area contributed by atoms with Gasteiger partial charge in [0.25, 0.3) is 0 Å². The molecule has 0 saturated carbocycles. The van der Waals surface area contributed by atoms with Crippen molar-refractivity contribution in [3.8, 4) is 0 Å². The molecule has 2 aromatic heterocycles. The lowest BCUT2D eigenvalue weighted by Crippen LogP contribution is -2.09. The molecule has 0 N–H and O–H groups in total. The Morgan fingerprint density at radius 1 is 1.22 bits per heavy atom. The van der Waals surface area contributed by atoms with Crippen LogP contribution in [-0.4, -0.2) is 22.1 Å². The van der Waals surface area contributed by atoms with Gasteiger partial charge in [0.05, 0.1) is 31.5 Å². The molecule has 0 atom stereocenters. The van der Waals surface area contributed by atoms with Crippen LogP contribution in [0.1, 0.15) is 61.7 Å². The first-order valence-corrected chi connectivity index (χ1v) is 11.6. The topological polar surface area (TPSA) is 57.3 Å². The van der Waals surface area contributed by atoms with Gasteiger partial charge in [0.2, 0.25) is 0 Å². The summed E-state index contributed by atoms with van der Waals surface area (Å²) in [6.07, 6.45) is 7.69. The minimum absolute atomic E-state index is 0.204. The molecule has 0 spiro atoms. The molecule has 5 nitrogen and oxygen atoms in total. The fraction of sp³-hybridized carbons (Fsp3) is 0.385. The zero-order valence-corrected chi connectivity index (χ0v) is 19.8. The molecule has 3 aromatic rings. The second-order valence-electron chi connectivity index (χ2n) is 7.85. The molecule has 2 heterocycles. The minimum Gasteiger partial charge on any atom is -0.466 e. The molecule has 0 radical (unpaired) electrons. The average Bonchev–Trinajstić information content (AvgIpc) is 3.34. The van der Waals surface area contributed by atoms with E-state index in [4.69, 9.17) is 25.7 Å². The highest BCUT2D eigenvalue weighted by atomic mass is 35.5. The van der Waals surface area contributed by atoms with Gasteiger partial charge in [-0.05, 0) is 55.7 Å².